The molecule has 5 nitrogen and oxygen atoms in total. The van der Waals surface area contributed by atoms with Crippen LogP contribution in [0, 0.1) is 0 Å². The van der Waals surface area contributed by atoms with Crippen molar-refractivity contribution in [3.63, 3.8) is 0 Å². The van der Waals surface area contributed by atoms with Crippen molar-refractivity contribution >= 4 is 40.8 Å². The maximum Gasteiger partial charge on any atom is 0.325 e. The molecule has 1 aromatic carbocycles. The number of hydrogen-bond donors (Lipinski definition) is 3. The van der Waals surface area contributed by atoms with Crippen LogP contribution in [0.5, 0.6) is 0 Å². The molecule has 0 saturated carbocycles. The van der Waals surface area contributed by atoms with Gasteiger partial charge in [-0.15, -0.1) is 0 Å². The molecule has 2 atom stereocenters. The quantitative estimate of drug-likeness (QED) is 0.780. The number of aliphatic carboxylic acids is 1. The van der Waals surface area contributed by atoms with E-state index < -0.39 is 24.0 Å². The zero-order chi connectivity index (χ0) is 14.6. The summed E-state index contributed by atoms with van der Waals surface area (Å²) in [5.41, 5.74) is 0.625. The number of benzene rings is 1. The van der Waals surface area contributed by atoms with E-state index in [0.717, 1.165) is 0 Å². The van der Waals surface area contributed by atoms with E-state index in [9.17, 15) is 9.59 Å². The van der Waals surface area contributed by atoms with Crippen LogP contribution in [-0.2, 0) is 9.59 Å². The highest BCUT2D eigenvalue weighted by Crippen LogP contribution is 2.25. The molecule has 104 valence electrons. The minimum atomic E-state index is -1.09. The van der Waals surface area contributed by atoms with Gasteiger partial charge in [0.1, 0.15) is 12.1 Å². The molecule has 1 amide bonds. The van der Waals surface area contributed by atoms with E-state index in [-0.39, 0.29) is 0 Å². The molecule has 1 aromatic rings. The van der Waals surface area contributed by atoms with Crippen molar-refractivity contribution in [1.82, 2.24) is 5.32 Å². The summed E-state index contributed by atoms with van der Waals surface area (Å²) in [7, 11) is 0. The van der Waals surface area contributed by atoms with Crippen LogP contribution in [0.2, 0.25) is 10.0 Å². The molecule has 7 heteroatoms. The van der Waals surface area contributed by atoms with Crippen LogP contribution in [0.3, 0.4) is 0 Å². The zero-order valence-electron chi connectivity index (χ0n) is 10.4. The lowest BCUT2D eigenvalue weighted by Crippen LogP contribution is -2.45. The SMILES string of the molecule is C[C@H](NC(=O)[C@H](C)Nc1ccc(Cl)c(Cl)c1)C(=O)O. The number of carboxylic acid groups (broad SMARTS) is 1. The lowest BCUT2D eigenvalue weighted by molar-refractivity contribution is -0.141. The third-order valence-corrected chi connectivity index (χ3v) is 3.16. The summed E-state index contributed by atoms with van der Waals surface area (Å²) in [6.45, 7) is 3.01. The molecule has 1 rings (SSSR count). The van der Waals surface area contributed by atoms with Gasteiger partial charge in [-0.2, -0.15) is 0 Å². The summed E-state index contributed by atoms with van der Waals surface area (Å²) in [5, 5.41) is 14.8. The molecule has 0 unspecified atom stereocenters. The Balaban J connectivity index is 2.63. The Morgan fingerprint density at radius 3 is 2.32 bits per heavy atom. The van der Waals surface area contributed by atoms with Gasteiger partial charge in [0.2, 0.25) is 5.91 Å². The van der Waals surface area contributed by atoms with Crippen LogP contribution in [0.25, 0.3) is 0 Å². The predicted octanol–water partition coefficient (Wildman–Crippen LogP) is 2.38. The summed E-state index contributed by atoms with van der Waals surface area (Å²) < 4.78 is 0. The number of carboxylic acids is 1. The molecule has 0 aliphatic carbocycles. The topological polar surface area (TPSA) is 78.4 Å². The normalized spacial score (nSPS) is 13.5. The predicted molar refractivity (Wildman–Crippen MR) is 74.8 cm³/mol. The van der Waals surface area contributed by atoms with Crippen LogP contribution in [0.15, 0.2) is 18.2 Å². The standard InChI is InChI=1S/C12H14Cl2N2O3/c1-6(11(17)16-7(2)12(18)19)15-8-3-4-9(13)10(14)5-8/h3-7,15H,1-2H3,(H,16,17)(H,18,19)/t6-,7-/m0/s1. The lowest BCUT2D eigenvalue weighted by Gasteiger charge is -2.17. The summed E-state index contributed by atoms with van der Waals surface area (Å²) in [6, 6.07) is 3.34. The summed E-state index contributed by atoms with van der Waals surface area (Å²) in [4.78, 5) is 22.3. The van der Waals surface area contributed by atoms with Gasteiger partial charge in [-0.25, -0.2) is 0 Å². The number of amides is 1. The Bertz CT molecular complexity index is 494. The highest BCUT2D eigenvalue weighted by atomic mass is 35.5. The van der Waals surface area contributed by atoms with Crippen molar-refractivity contribution < 1.29 is 14.7 Å². The molecule has 0 aliphatic rings. The number of carbonyl (C=O) groups is 2. The average molecular weight is 305 g/mol. The Morgan fingerprint density at radius 1 is 1.16 bits per heavy atom. The van der Waals surface area contributed by atoms with E-state index in [4.69, 9.17) is 28.3 Å². The Labute approximate surface area is 120 Å². The van der Waals surface area contributed by atoms with Crippen LogP contribution in [0.1, 0.15) is 13.8 Å². The molecule has 19 heavy (non-hydrogen) atoms. The van der Waals surface area contributed by atoms with Crippen molar-refractivity contribution in [3.8, 4) is 0 Å². The largest absolute Gasteiger partial charge is 0.480 e. The summed E-state index contributed by atoms with van der Waals surface area (Å²) in [6.07, 6.45) is 0. The minimum absolute atomic E-state index is 0.373. The van der Waals surface area contributed by atoms with E-state index >= 15 is 0 Å². The highest BCUT2D eigenvalue weighted by molar-refractivity contribution is 6.42. The van der Waals surface area contributed by atoms with Gasteiger partial charge < -0.3 is 15.7 Å². The second kappa shape index (κ2) is 6.63. The molecule has 0 aliphatic heterocycles. The van der Waals surface area contributed by atoms with Crippen molar-refractivity contribution in [3.05, 3.63) is 28.2 Å². The van der Waals surface area contributed by atoms with E-state index in [0.29, 0.717) is 15.7 Å². The second-order valence-corrected chi connectivity index (χ2v) is 4.88. The maximum atomic E-state index is 11.7. The number of anilines is 1. The fourth-order valence-corrected chi connectivity index (χ4v) is 1.60. The van der Waals surface area contributed by atoms with Gasteiger partial charge in [-0.3, -0.25) is 9.59 Å². The third-order valence-electron chi connectivity index (χ3n) is 2.43. The first-order valence-electron chi connectivity index (χ1n) is 5.56. The monoisotopic (exact) mass is 304 g/mol. The zero-order valence-corrected chi connectivity index (χ0v) is 11.9. The van der Waals surface area contributed by atoms with Gasteiger partial charge in [-0.05, 0) is 32.0 Å². The van der Waals surface area contributed by atoms with Crippen LogP contribution >= 0.6 is 23.2 Å². The van der Waals surface area contributed by atoms with Gasteiger partial charge in [0.05, 0.1) is 10.0 Å². The Hall–Kier alpha value is -1.46. The molecule has 0 bridgehead atoms. The van der Waals surface area contributed by atoms with Crippen molar-refractivity contribution in [2.45, 2.75) is 25.9 Å². The molecule has 0 saturated heterocycles. The smallest absolute Gasteiger partial charge is 0.325 e. The number of hydrogen-bond acceptors (Lipinski definition) is 3. The van der Waals surface area contributed by atoms with Crippen LogP contribution in [-0.4, -0.2) is 29.1 Å². The van der Waals surface area contributed by atoms with Crippen LogP contribution in [0.4, 0.5) is 5.69 Å². The Morgan fingerprint density at radius 2 is 1.79 bits per heavy atom. The lowest BCUT2D eigenvalue weighted by atomic mass is 10.2. The first-order valence-corrected chi connectivity index (χ1v) is 6.31. The van der Waals surface area contributed by atoms with E-state index in [1.54, 1.807) is 25.1 Å². The van der Waals surface area contributed by atoms with E-state index in [2.05, 4.69) is 10.6 Å². The number of rotatable bonds is 5. The van der Waals surface area contributed by atoms with Crippen molar-refractivity contribution in [2.75, 3.05) is 5.32 Å². The van der Waals surface area contributed by atoms with Crippen LogP contribution < -0.4 is 10.6 Å². The first-order chi connectivity index (χ1) is 8.81. The first kappa shape index (κ1) is 15.6. The van der Waals surface area contributed by atoms with Gasteiger partial charge >= 0.3 is 5.97 Å². The minimum Gasteiger partial charge on any atom is -0.480 e. The van der Waals surface area contributed by atoms with Gasteiger partial charge in [0, 0.05) is 5.69 Å². The summed E-state index contributed by atoms with van der Waals surface area (Å²) in [5.74, 6) is -1.50. The molecule has 0 spiro atoms. The number of nitrogens with one attached hydrogen (secondary N) is 2. The molecule has 0 radical (unpaired) electrons. The molecule has 0 aromatic heterocycles. The molecular formula is C12H14Cl2N2O3. The van der Waals surface area contributed by atoms with Crippen molar-refractivity contribution in [1.29, 1.82) is 0 Å². The fraction of sp³-hybridized carbons (Fsp3) is 0.333. The summed E-state index contributed by atoms with van der Waals surface area (Å²) >= 11 is 11.6. The molecular weight excluding hydrogens is 291 g/mol. The van der Waals surface area contributed by atoms with E-state index in [1.165, 1.54) is 6.92 Å². The average Bonchev–Trinajstić information content (AvgIpc) is 2.33. The Kier molecular flexibility index (Phi) is 5.44. The maximum absolute atomic E-state index is 11.7. The molecule has 0 heterocycles. The van der Waals surface area contributed by atoms with Gasteiger partial charge in [-0.1, -0.05) is 23.2 Å². The molecule has 0 fully saturated rings. The van der Waals surface area contributed by atoms with Gasteiger partial charge in [0.25, 0.3) is 0 Å². The van der Waals surface area contributed by atoms with Crippen molar-refractivity contribution in [2.24, 2.45) is 0 Å². The second-order valence-electron chi connectivity index (χ2n) is 4.06. The number of halogens is 2. The molecule has 3 N–H and O–H groups in total. The highest BCUT2D eigenvalue weighted by Gasteiger charge is 2.18. The fourth-order valence-electron chi connectivity index (χ4n) is 1.30. The van der Waals surface area contributed by atoms with E-state index in [1.807, 2.05) is 0 Å². The van der Waals surface area contributed by atoms with Gasteiger partial charge in [0.15, 0.2) is 0 Å². The number of carbonyl (C=O) groups excluding carboxylic acids is 1. The third kappa shape index (κ3) is 4.61.